The summed E-state index contributed by atoms with van der Waals surface area (Å²) >= 11 is 0. The normalized spacial score (nSPS) is 23.2. The Morgan fingerprint density at radius 1 is 1.21 bits per heavy atom. The van der Waals surface area contributed by atoms with Crippen molar-refractivity contribution in [1.29, 1.82) is 10.5 Å². The van der Waals surface area contributed by atoms with Crippen molar-refractivity contribution in [3.8, 4) is 17.9 Å². The maximum atomic E-state index is 13.6. The Kier molecular flexibility index (Phi) is 5.46. The predicted molar refractivity (Wildman–Crippen MR) is 120 cm³/mol. The van der Waals surface area contributed by atoms with E-state index >= 15 is 0 Å². The smallest absolute Gasteiger partial charge is 0.226 e. The summed E-state index contributed by atoms with van der Waals surface area (Å²) in [6.07, 6.45) is 5.35. The molecule has 3 aliphatic rings. The van der Waals surface area contributed by atoms with E-state index in [2.05, 4.69) is 16.4 Å². The van der Waals surface area contributed by atoms with E-state index in [1.165, 1.54) is 0 Å². The number of carbonyl (C=O) groups excluding carboxylic acids is 2. The van der Waals surface area contributed by atoms with E-state index in [1.807, 2.05) is 29.2 Å². The number of nitriles is 2. The molecule has 0 radical (unpaired) electrons. The molecule has 2 aromatic rings. The van der Waals surface area contributed by atoms with E-state index in [9.17, 15) is 14.9 Å². The van der Waals surface area contributed by atoms with Crippen molar-refractivity contribution in [2.75, 3.05) is 13.2 Å². The van der Waals surface area contributed by atoms with E-state index in [1.54, 1.807) is 0 Å². The molecule has 2 atom stereocenters. The third-order valence-electron chi connectivity index (χ3n) is 7.32. The second-order valence-electron chi connectivity index (χ2n) is 9.40. The first kappa shape index (κ1) is 21.3. The highest BCUT2D eigenvalue weighted by Crippen LogP contribution is 2.39. The summed E-state index contributed by atoms with van der Waals surface area (Å²) in [4.78, 5) is 31.9. The van der Waals surface area contributed by atoms with Crippen LogP contribution in [0.4, 0.5) is 0 Å². The summed E-state index contributed by atoms with van der Waals surface area (Å²) < 4.78 is 5.57. The third kappa shape index (κ3) is 3.91. The van der Waals surface area contributed by atoms with Crippen molar-refractivity contribution < 1.29 is 14.3 Å². The van der Waals surface area contributed by atoms with Crippen LogP contribution in [0.5, 0.6) is 5.75 Å². The van der Waals surface area contributed by atoms with Crippen molar-refractivity contribution in [3.63, 3.8) is 0 Å². The quantitative estimate of drug-likeness (QED) is 0.733. The molecule has 2 aliphatic carbocycles. The van der Waals surface area contributed by atoms with Crippen LogP contribution in [0.15, 0.2) is 18.2 Å². The second kappa shape index (κ2) is 8.44. The highest BCUT2D eigenvalue weighted by molar-refractivity contribution is 5.92. The van der Waals surface area contributed by atoms with Crippen LogP contribution in [0.1, 0.15) is 49.8 Å². The number of para-hydroxylation sites is 1. The summed E-state index contributed by atoms with van der Waals surface area (Å²) in [7, 11) is 0. The van der Waals surface area contributed by atoms with Gasteiger partial charge in [0.05, 0.1) is 11.6 Å². The summed E-state index contributed by atoms with van der Waals surface area (Å²) in [5, 5.41) is 22.1. The lowest BCUT2D eigenvalue weighted by molar-refractivity contribution is -0.144. The van der Waals surface area contributed by atoms with Gasteiger partial charge in [0.1, 0.15) is 17.4 Å². The molecule has 2 amide bonds. The van der Waals surface area contributed by atoms with E-state index < -0.39 is 5.54 Å². The van der Waals surface area contributed by atoms with E-state index in [4.69, 9.17) is 10.00 Å². The maximum absolute atomic E-state index is 13.6. The average molecular weight is 446 g/mol. The molecule has 170 valence electrons. The Bertz CT molecular complexity index is 1180. The van der Waals surface area contributed by atoms with Gasteiger partial charge in [0.15, 0.2) is 6.61 Å². The number of H-pyrrole nitrogens is 1. The third-order valence-corrected chi connectivity index (χ3v) is 7.32. The molecule has 0 unspecified atom stereocenters. The van der Waals surface area contributed by atoms with Crippen molar-refractivity contribution in [1.82, 2.24) is 15.2 Å². The number of benzene rings is 1. The van der Waals surface area contributed by atoms with Crippen molar-refractivity contribution >= 4 is 22.7 Å². The van der Waals surface area contributed by atoms with Gasteiger partial charge < -0.3 is 19.9 Å². The van der Waals surface area contributed by atoms with Gasteiger partial charge in [-0.1, -0.05) is 25.0 Å². The minimum Gasteiger partial charge on any atom is -0.477 e. The van der Waals surface area contributed by atoms with Crippen molar-refractivity contribution in [2.45, 2.75) is 57.0 Å². The summed E-state index contributed by atoms with van der Waals surface area (Å²) in [5.41, 5.74) is 2.31. The van der Waals surface area contributed by atoms with Gasteiger partial charge in [0.25, 0.3) is 0 Å². The summed E-state index contributed by atoms with van der Waals surface area (Å²) in [5.74, 6) is -0.177. The van der Waals surface area contributed by atoms with E-state index in [0.29, 0.717) is 50.9 Å². The number of fused-ring (bicyclic) bond motifs is 3. The molecule has 1 aromatic heterocycles. The highest BCUT2D eigenvalue weighted by Gasteiger charge is 2.47. The van der Waals surface area contributed by atoms with Gasteiger partial charge in [-0.15, -0.1) is 0 Å². The Hall–Kier alpha value is -3.52. The topological polar surface area (TPSA) is 122 Å². The van der Waals surface area contributed by atoms with Crippen molar-refractivity contribution in [2.24, 2.45) is 11.8 Å². The molecule has 2 N–H and O–H groups in total. The van der Waals surface area contributed by atoms with Crippen LogP contribution in [0.2, 0.25) is 0 Å². The number of hydrogen-bond donors (Lipinski definition) is 2. The number of amides is 2. The Balaban J connectivity index is 1.35. The Labute approximate surface area is 192 Å². The number of nitrogens with one attached hydrogen (secondary N) is 2. The molecule has 8 heteroatoms. The van der Waals surface area contributed by atoms with Crippen LogP contribution >= 0.6 is 0 Å². The van der Waals surface area contributed by atoms with Gasteiger partial charge in [-0.2, -0.15) is 10.5 Å². The minimum atomic E-state index is -0.711. The van der Waals surface area contributed by atoms with Crippen LogP contribution in [-0.2, 0) is 22.6 Å². The van der Waals surface area contributed by atoms with Gasteiger partial charge in [-0.3, -0.25) is 9.59 Å². The van der Waals surface area contributed by atoms with E-state index in [-0.39, 0.29) is 30.3 Å². The van der Waals surface area contributed by atoms with Crippen LogP contribution < -0.4 is 10.1 Å². The predicted octanol–water partition coefficient (Wildman–Crippen LogP) is 2.93. The Morgan fingerprint density at radius 2 is 2.00 bits per heavy atom. The van der Waals surface area contributed by atoms with Crippen LogP contribution in [0, 0.1) is 34.5 Å². The zero-order valence-corrected chi connectivity index (χ0v) is 18.5. The first-order chi connectivity index (χ1) is 16.0. The van der Waals surface area contributed by atoms with Crippen LogP contribution in [-0.4, -0.2) is 40.4 Å². The first-order valence-corrected chi connectivity index (χ1v) is 11.7. The van der Waals surface area contributed by atoms with Gasteiger partial charge in [-0.25, -0.2) is 0 Å². The number of rotatable bonds is 5. The van der Waals surface area contributed by atoms with Gasteiger partial charge in [-0.05, 0) is 31.7 Å². The number of carbonyl (C=O) groups is 2. The number of nitrogens with zero attached hydrogens (tertiary/aromatic N) is 3. The Morgan fingerprint density at radius 3 is 2.73 bits per heavy atom. The number of aromatic amines is 1. The lowest BCUT2D eigenvalue weighted by atomic mass is 9.77. The lowest BCUT2D eigenvalue weighted by Crippen LogP contribution is -2.48. The maximum Gasteiger partial charge on any atom is 0.226 e. The SMILES string of the molecule is N#CCOc1cccc2c3c([nH]c12)CCN(C(=O)[C@@H]1CCCC[C@H]1C(=O)NC1(C#N)CC1)C3. The fourth-order valence-corrected chi connectivity index (χ4v) is 5.32. The molecule has 1 aliphatic heterocycles. The number of ether oxygens (including phenoxy) is 1. The van der Waals surface area contributed by atoms with Crippen molar-refractivity contribution in [3.05, 3.63) is 29.5 Å². The first-order valence-electron chi connectivity index (χ1n) is 11.7. The highest BCUT2D eigenvalue weighted by atomic mass is 16.5. The zero-order chi connectivity index (χ0) is 23.0. The minimum absolute atomic E-state index is 0.0222. The second-order valence-corrected chi connectivity index (χ2v) is 9.40. The fraction of sp³-hybridized carbons (Fsp3) is 0.520. The molecule has 0 bridgehead atoms. The zero-order valence-electron chi connectivity index (χ0n) is 18.5. The standard InChI is InChI=1S/C25H27N5O3/c26-11-13-33-21-7-3-6-16-19-14-30(12-8-20(19)28-22(16)21)24(32)18-5-2-1-4-17(18)23(31)29-25(15-27)9-10-25/h3,6-7,17-18,28H,1-2,4-5,8-10,12-14H2,(H,29,31)/t17-,18-/m1/s1. The summed E-state index contributed by atoms with van der Waals surface area (Å²) in [6, 6.07) is 9.95. The molecule has 2 heterocycles. The molecule has 0 spiro atoms. The number of aromatic nitrogens is 1. The van der Waals surface area contributed by atoms with Gasteiger partial charge in [0, 0.05) is 48.0 Å². The molecule has 8 nitrogen and oxygen atoms in total. The molecular weight excluding hydrogens is 418 g/mol. The molecule has 1 aromatic carbocycles. The lowest BCUT2D eigenvalue weighted by Gasteiger charge is -2.36. The van der Waals surface area contributed by atoms with Gasteiger partial charge in [0.2, 0.25) is 11.8 Å². The van der Waals surface area contributed by atoms with Crippen LogP contribution in [0.3, 0.4) is 0 Å². The molecular formula is C25H27N5O3. The molecule has 5 rings (SSSR count). The van der Waals surface area contributed by atoms with Crippen LogP contribution in [0.25, 0.3) is 10.9 Å². The largest absolute Gasteiger partial charge is 0.477 e. The molecule has 0 saturated heterocycles. The molecule has 2 fully saturated rings. The molecule has 33 heavy (non-hydrogen) atoms. The monoisotopic (exact) mass is 445 g/mol. The average Bonchev–Trinajstić information content (AvgIpc) is 3.52. The number of hydrogen-bond acceptors (Lipinski definition) is 5. The van der Waals surface area contributed by atoms with E-state index in [0.717, 1.165) is 35.0 Å². The van der Waals surface area contributed by atoms with Gasteiger partial charge >= 0.3 is 0 Å². The fourth-order valence-electron chi connectivity index (χ4n) is 5.32. The summed E-state index contributed by atoms with van der Waals surface area (Å²) in [6.45, 7) is 1.06. The molecule has 2 saturated carbocycles.